The smallest absolute Gasteiger partial charge is 0.222 e. The third kappa shape index (κ3) is 5.02. The van der Waals surface area contributed by atoms with Crippen molar-refractivity contribution in [2.45, 2.75) is 52.5 Å². The molecule has 0 radical (unpaired) electrons. The van der Waals surface area contributed by atoms with Crippen molar-refractivity contribution in [3.8, 4) is 0 Å². The highest BCUT2D eigenvalue weighted by molar-refractivity contribution is 7.80. The van der Waals surface area contributed by atoms with E-state index >= 15 is 0 Å². The molecule has 2 atom stereocenters. The van der Waals surface area contributed by atoms with Crippen molar-refractivity contribution in [3.05, 3.63) is 0 Å². The van der Waals surface area contributed by atoms with Crippen molar-refractivity contribution in [2.75, 3.05) is 26.2 Å². The van der Waals surface area contributed by atoms with Crippen molar-refractivity contribution in [2.24, 2.45) is 11.7 Å². The lowest BCUT2D eigenvalue weighted by atomic mass is 10.0. The molecule has 0 saturated carbocycles. The molecule has 1 heterocycles. The number of carbonyl (C=O) groups is 1. The second kappa shape index (κ2) is 8.57. The highest BCUT2D eigenvalue weighted by Crippen LogP contribution is 2.14. The van der Waals surface area contributed by atoms with Crippen molar-refractivity contribution < 1.29 is 4.79 Å². The van der Waals surface area contributed by atoms with E-state index < -0.39 is 0 Å². The van der Waals surface area contributed by atoms with Crippen LogP contribution in [-0.2, 0) is 4.79 Å². The molecule has 1 aliphatic rings. The van der Waals surface area contributed by atoms with Crippen LogP contribution in [0.25, 0.3) is 0 Å². The highest BCUT2D eigenvalue weighted by atomic mass is 32.1. The average molecular weight is 299 g/mol. The first-order valence-electron chi connectivity index (χ1n) is 7.80. The minimum atomic E-state index is 0.196. The topological polar surface area (TPSA) is 49.6 Å². The SMILES string of the molecule is CCCC(C(N)=S)N1CCN(C(=O)CC(C)CC)CC1. The first kappa shape index (κ1) is 17.4. The van der Waals surface area contributed by atoms with Gasteiger partial charge in [-0.05, 0) is 12.3 Å². The molecule has 1 saturated heterocycles. The van der Waals surface area contributed by atoms with Gasteiger partial charge in [-0.1, -0.05) is 45.8 Å². The summed E-state index contributed by atoms with van der Waals surface area (Å²) in [5, 5.41) is 0. The maximum atomic E-state index is 12.2. The number of hydrogen-bond donors (Lipinski definition) is 1. The Kier molecular flexibility index (Phi) is 7.45. The quantitative estimate of drug-likeness (QED) is 0.731. The predicted octanol–water partition coefficient (Wildman–Crippen LogP) is 2.02. The van der Waals surface area contributed by atoms with E-state index in [9.17, 15) is 4.79 Å². The Morgan fingerprint density at radius 3 is 2.30 bits per heavy atom. The first-order valence-corrected chi connectivity index (χ1v) is 8.21. The van der Waals surface area contributed by atoms with E-state index in [0.717, 1.165) is 45.4 Å². The monoisotopic (exact) mass is 299 g/mol. The minimum Gasteiger partial charge on any atom is -0.392 e. The molecule has 1 rings (SSSR count). The highest BCUT2D eigenvalue weighted by Gasteiger charge is 2.27. The number of nitrogens with two attached hydrogens (primary N) is 1. The van der Waals surface area contributed by atoms with E-state index in [1.165, 1.54) is 0 Å². The number of thiocarbonyl (C=S) groups is 1. The third-order valence-corrected chi connectivity index (χ3v) is 4.49. The van der Waals surface area contributed by atoms with E-state index in [4.69, 9.17) is 18.0 Å². The molecule has 1 aliphatic heterocycles. The summed E-state index contributed by atoms with van der Waals surface area (Å²) in [4.78, 5) is 17.1. The van der Waals surface area contributed by atoms with Crippen LogP contribution in [0.4, 0.5) is 0 Å². The molecule has 2 N–H and O–H groups in total. The molecule has 0 aliphatic carbocycles. The van der Waals surface area contributed by atoms with E-state index in [1.54, 1.807) is 0 Å². The van der Waals surface area contributed by atoms with E-state index in [2.05, 4.69) is 25.7 Å². The van der Waals surface area contributed by atoms with E-state index in [1.807, 2.05) is 4.90 Å². The second-order valence-electron chi connectivity index (χ2n) is 5.84. The van der Waals surface area contributed by atoms with Gasteiger partial charge in [0.2, 0.25) is 5.91 Å². The summed E-state index contributed by atoms with van der Waals surface area (Å²) >= 11 is 5.17. The summed E-state index contributed by atoms with van der Waals surface area (Å²) in [6, 6.07) is 0.196. The molecule has 0 aromatic rings. The molecular weight excluding hydrogens is 270 g/mol. The van der Waals surface area contributed by atoms with Crippen molar-refractivity contribution >= 4 is 23.1 Å². The number of hydrogen-bond acceptors (Lipinski definition) is 3. The van der Waals surface area contributed by atoms with Crippen LogP contribution in [0.1, 0.15) is 46.5 Å². The van der Waals surface area contributed by atoms with Crippen molar-refractivity contribution in [1.29, 1.82) is 0 Å². The summed E-state index contributed by atoms with van der Waals surface area (Å²) in [5.74, 6) is 0.770. The molecule has 0 bridgehead atoms. The molecular formula is C15H29N3OS. The average Bonchev–Trinajstić information content (AvgIpc) is 2.44. The van der Waals surface area contributed by atoms with Gasteiger partial charge in [0.1, 0.15) is 0 Å². The van der Waals surface area contributed by atoms with Gasteiger partial charge < -0.3 is 10.6 Å². The van der Waals surface area contributed by atoms with Crippen molar-refractivity contribution in [3.63, 3.8) is 0 Å². The normalized spacial score (nSPS) is 19.6. The molecule has 1 fully saturated rings. The first-order chi connectivity index (χ1) is 9.49. The zero-order chi connectivity index (χ0) is 15.1. The molecule has 4 nitrogen and oxygen atoms in total. The molecule has 1 amide bonds. The van der Waals surface area contributed by atoms with Gasteiger partial charge in [0.25, 0.3) is 0 Å². The van der Waals surface area contributed by atoms with E-state index in [-0.39, 0.29) is 6.04 Å². The second-order valence-corrected chi connectivity index (χ2v) is 6.31. The van der Waals surface area contributed by atoms with Crippen LogP contribution in [0.2, 0.25) is 0 Å². The molecule has 0 aromatic carbocycles. The summed E-state index contributed by atoms with van der Waals surface area (Å²) in [5.41, 5.74) is 5.84. The number of carbonyl (C=O) groups excluding carboxylic acids is 1. The van der Waals surface area contributed by atoms with Gasteiger partial charge in [-0.25, -0.2) is 0 Å². The fourth-order valence-electron chi connectivity index (χ4n) is 2.63. The Labute approximate surface area is 128 Å². The molecule has 20 heavy (non-hydrogen) atoms. The number of amides is 1. The van der Waals surface area contributed by atoms with Crippen molar-refractivity contribution in [1.82, 2.24) is 9.80 Å². The Balaban J connectivity index is 2.46. The molecule has 0 spiro atoms. The Bertz CT molecular complexity index is 327. The van der Waals surface area contributed by atoms with Crippen LogP contribution in [0, 0.1) is 5.92 Å². The zero-order valence-corrected chi connectivity index (χ0v) is 13.9. The van der Waals surface area contributed by atoms with Gasteiger partial charge in [0.05, 0.1) is 11.0 Å². The number of piperazine rings is 1. The van der Waals surface area contributed by atoms with Crippen LogP contribution in [0.15, 0.2) is 0 Å². The third-order valence-electron chi connectivity index (χ3n) is 4.22. The largest absolute Gasteiger partial charge is 0.392 e. The molecule has 116 valence electrons. The van der Waals surface area contributed by atoms with Crippen LogP contribution in [0.3, 0.4) is 0 Å². The molecule has 2 unspecified atom stereocenters. The standard InChI is InChI=1S/C15H29N3OS/c1-4-6-13(15(16)20)17-7-9-18(10-8-17)14(19)11-12(3)5-2/h12-13H,4-11H2,1-3H3,(H2,16,20). The van der Waals surface area contributed by atoms with Crippen LogP contribution in [-0.4, -0.2) is 52.9 Å². The Morgan fingerprint density at radius 2 is 1.85 bits per heavy atom. The van der Waals surface area contributed by atoms with Gasteiger partial charge in [0, 0.05) is 32.6 Å². The van der Waals surface area contributed by atoms with Gasteiger partial charge >= 0.3 is 0 Å². The maximum absolute atomic E-state index is 12.2. The Morgan fingerprint density at radius 1 is 1.25 bits per heavy atom. The lowest BCUT2D eigenvalue weighted by Gasteiger charge is -2.39. The van der Waals surface area contributed by atoms with Gasteiger partial charge in [0.15, 0.2) is 0 Å². The Hall–Kier alpha value is -0.680. The summed E-state index contributed by atoms with van der Waals surface area (Å²) < 4.78 is 0. The lowest BCUT2D eigenvalue weighted by Crippen LogP contribution is -2.54. The number of nitrogens with zero attached hydrogens (tertiary/aromatic N) is 2. The van der Waals surface area contributed by atoms with E-state index in [0.29, 0.717) is 23.2 Å². The fourth-order valence-corrected chi connectivity index (χ4v) is 2.90. The molecule has 5 heteroatoms. The van der Waals surface area contributed by atoms with Gasteiger partial charge in [-0.3, -0.25) is 9.69 Å². The minimum absolute atomic E-state index is 0.196. The maximum Gasteiger partial charge on any atom is 0.222 e. The summed E-state index contributed by atoms with van der Waals surface area (Å²) in [6.45, 7) is 9.79. The number of rotatable bonds is 7. The lowest BCUT2D eigenvalue weighted by molar-refractivity contribution is -0.134. The van der Waals surface area contributed by atoms with Crippen LogP contribution >= 0.6 is 12.2 Å². The van der Waals surface area contributed by atoms with Gasteiger partial charge in [-0.15, -0.1) is 0 Å². The fraction of sp³-hybridized carbons (Fsp3) is 0.867. The van der Waals surface area contributed by atoms with Gasteiger partial charge in [-0.2, -0.15) is 0 Å². The molecule has 0 aromatic heterocycles. The summed E-state index contributed by atoms with van der Waals surface area (Å²) in [7, 11) is 0. The predicted molar refractivity (Wildman–Crippen MR) is 87.7 cm³/mol. The zero-order valence-electron chi connectivity index (χ0n) is 13.1. The summed E-state index contributed by atoms with van der Waals surface area (Å²) in [6.07, 6.45) is 3.82. The van der Waals surface area contributed by atoms with Crippen LogP contribution in [0.5, 0.6) is 0 Å². The van der Waals surface area contributed by atoms with Crippen LogP contribution < -0.4 is 5.73 Å².